The third-order valence-corrected chi connectivity index (χ3v) is 5.42. The molecule has 0 spiro atoms. The van der Waals surface area contributed by atoms with Crippen molar-refractivity contribution in [1.82, 2.24) is 30.4 Å². The molecule has 1 saturated heterocycles. The first-order chi connectivity index (χ1) is 14.2. The van der Waals surface area contributed by atoms with Gasteiger partial charge in [0, 0.05) is 32.4 Å². The Bertz CT molecular complexity index is 1000. The van der Waals surface area contributed by atoms with E-state index in [1.807, 2.05) is 6.07 Å². The van der Waals surface area contributed by atoms with Gasteiger partial charge in [-0.15, -0.1) is 0 Å². The second-order valence-corrected chi connectivity index (χ2v) is 7.75. The number of aromatic nitrogens is 4. The molecule has 3 aromatic rings. The molecular formula is C20H25N7O2. The van der Waals surface area contributed by atoms with E-state index in [1.54, 1.807) is 6.20 Å². The van der Waals surface area contributed by atoms with Gasteiger partial charge in [-0.25, -0.2) is 9.78 Å². The molecule has 2 aliphatic rings. The Labute approximate surface area is 168 Å². The Kier molecular flexibility index (Phi) is 4.91. The fraction of sp³-hybridized carbons (Fsp3) is 0.450. The lowest BCUT2D eigenvalue weighted by Crippen LogP contribution is -2.35. The van der Waals surface area contributed by atoms with Crippen LogP contribution in [-0.4, -0.2) is 63.9 Å². The predicted molar refractivity (Wildman–Crippen MR) is 110 cm³/mol. The largest absolute Gasteiger partial charge is 0.379 e. The van der Waals surface area contributed by atoms with Crippen molar-refractivity contribution >= 4 is 22.8 Å². The number of amides is 2. The lowest BCUT2D eigenvalue weighted by atomic mass is 10.2. The Balaban J connectivity index is 1.31. The zero-order chi connectivity index (χ0) is 19.6. The van der Waals surface area contributed by atoms with Gasteiger partial charge in [0.2, 0.25) is 0 Å². The molecule has 1 aromatic carbocycles. The number of fused-ring (bicyclic) bond motifs is 1. The number of hydrogen-bond donors (Lipinski definition) is 4. The van der Waals surface area contributed by atoms with Crippen molar-refractivity contribution in [3.63, 3.8) is 0 Å². The van der Waals surface area contributed by atoms with Crippen LogP contribution in [0.5, 0.6) is 0 Å². The van der Waals surface area contributed by atoms with E-state index >= 15 is 0 Å². The van der Waals surface area contributed by atoms with Crippen LogP contribution in [0.3, 0.4) is 0 Å². The van der Waals surface area contributed by atoms with Gasteiger partial charge in [-0.2, -0.15) is 5.10 Å². The minimum atomic E-state index is -0.219. The first-order valence-corrected chi connectivity index (χ1v) is 10.1. The van der Waals surface area contributed by atoms with Gasteiger partial charge >= 0.3 is 6.03 Å². The van der Waals surface area contributed by atoms with E-state index in [0.717, 1.165) is 50.4 Å². The van der Waals surface area contributed by atoms with Crippen LogP contribution in [0.15, 0.2) is 24.4 Å². The monoisotopic (exact) mass is 395 g/mol. The maximum absolute atomic E-state index is 12.1. The summed E-state index contributed by atoms with van der Waals surface area (Å²) in [5.74, 6) is 1.26. The van der Waals surface area contributed by atoms with Gasteiger partial charge in [0.25, 0.3) is 0 Å². The number of nitrogens with one attached hydrogen (secondary N) is 4. The maximum Gasteiger partial charge on any atom is 0.319 e. The summed E-state index contributed by atoms with van der Waals surface area (Å²) in [5.41, 5.74) is 4.25. The van der Waals surface area contributed by atoms with E-state index in [2.05, 4.69) is 42.8 Å². The van der Waals surface area contributed by atoms with Crippen molar-refractivity contribution in [2.45, 2.75) is 19.4 Å². The van der Waals surface area contributed by atoms with E-state index in [4.69, 9.17) is 9.72 Å². The number of nitrogens with zero attached hydrogens (tertiary/aromatic N) is 3. The zero-order valence-electron chi connectivity index (χ0n) is 16.2. The van der Waals surface area contributed by atoms with Gasteiger partial charge < -0.3 is 20.4 Å². The smallest absolute Gasteiger partial charge is 0.319 e. The number of morpholine rings is 1. The van der Waals surface area contributed by atoms with E-state index in [9.17, 15) is 4.79 Å². The van der Waals surface area contributed by atoms with Gasteiger partial charge in [-0.05, 0) is 36.5 Å². The van der Waals surface area contributed by atoms with E-state index in [0.29, 0.717) is 23.1 Å². The average molecular weight is 395 g/mol. The highest BCUT2D eigenvalue weighted by atomic mass is 16.5. The molecule has 0 unspecified atom stereocenters. The van der Waals surface area contributed by atoms with Crippen LogP contribution in [0.1, 0.15) is 18.4 Å². The molecule has 1 aliphatic heterocycles. The molecule has 0 bridgehead atoms. The Morgan fingerprint density at radius 1 is 1.28 bits per heavy atom. The fourth-order valence-corrected chi connectivity index (χ4v) is 3.57. The molecule has 9 nitrogen and oxygen atoms in total. The third kappa shape index (κ3) is 4.25. The van der Waals surface area contributed by atoms with Gasteiger partial charge in [-0.1, -0.05) is 6.07 Å². The number of urea groups is 1. The first kappa shape index (κ1) is 18.1. The molecular weight excluding hydrogens is 370 g/mol. The second-order valence-electron chi connectivity index (χ2n) is 7.75. The van der Waals surface area contributed by atoms with E-state index < -0.39 is 0 Å². The van der Waals surface area contributed by atoms with E-state index in [1.165, 1.54) is 18.4 Å². The van der Waals surface area contributed by atoms with Crippen molar-refractivity contribution in [2.75, 3.05) is 38.2 Å². The number of carbonyl (C=O) groups is 1. The standard InChI is InChI=1S/C20H25N7O2/c28-20(21-10-13-1-2-13)25-17-11-22-26-18(17)19-23-15-4-3-14(9-16(15)24-19)12-27-5-7-29-8-6-27/h3-4,9,11,13H,1-2,5-8,10,12H2,(H,22,26)(H,23,24)(H2,21,25,28). The number of aromatic amines is 2. The highest BCUT2D eigenvalue weighted by molar-refractivity contribution is 5.93. The van der Waals surface area contributed by atoms with Crippen LogP contribution in [0, 0.1) is 5.92 Å². The number of hydrogen-bond acceptors (Lipinski definition) is 5. The van der Waals surface area contributed by atoms with Crippen molar-refractivity contribution in [3.8, 4) is 11.5 Å². The Hall–Kier alpha value is -2.91. The van der Waals surface area contributed by atoms with Crippen molar-refractivity contribution in [3.05, 3.63) is 30.0 Å². The lowest BCUT2D eigenvalue weighted by Gasteiger charge is -2.26. The summed E-state index contributed by atoms with van der Waals surface area (Å²) in [6.45, 7) is 5.09. The molecule has 29 heavy (non-hydrogen) atoms. The molecule has 152 valence electrons. The molecule has 2 amide bonds. The average Bonchev–Trinajstić information content (AvgIpc) is 3.29. The van der Waals surface area contributed by atoms with Crippen LogP contribution in [0.25, 0.3) is 22.6 Å². The van der Waals surface area contributed by atoms with Crippen LogP contribution in [-0.2, 0) is 11.3 Å². The summed E-state index contributed by atoms with van der Waals surface area (Å²) >= 11 is 0. The second kappa shape index (κ2) is 7.84. The van der Waals surface area contributed by atoms with Crippen LogP contribution < -0.4 is 10.6 Å². The summed E-state index contributed by atoms with van der Waals surface area (Å²) in [7, 11) is 0. The minimum Gasteiger partial charge on any atom is -0.379 e. The number of carbonyl (C=O) groups excluding carboxylic acids is 1. The lowest BCUT2D eigenvalue weighted by molar-refractivity contribution is 0.0342. The number of benzene rings is 1. The molecule has 1 aliphatic carbocycles. The minimum absolute atomic E-state index is 0.219. The highest BCUT2D eigenvalue weighted by Crippen LogP contribution is 2.28. The summed E-state index contributed by atoms with van der Waals surface area (Å²) in [6, 6.07) is 6.05. The molecule has 2 fully saturated rings. The first-order valence-electron chi connectivity index (χ1n) is 10.1. The van der Waals surface area contributed by atoms with Crippen LogP contribution >= 0.6 is 0 Å². The molecule has 0 atom stereocenters. The number of imidazole rings is 1. The quantitative estimate of drug-likeness (QED) is 0.512. The molecule has 3 heterocycles. The Morgan fingerprint density at radius 2 is 2.14 bits per heavy atom. The molecule has 5 rings (SSSR count). The topological polar surface area (TPSA) is 111 Å². The van der Waals surface area contributed by atoms with Crippen molar-refractivity contribution in [2.24, 2.45) is 5.92 Å². The van der Waals surface area contributed by atoms with Gasteiger partial charge in [-0.3, -0.25) is 10.00 Å². The molecule has 2 aromatic heterocycles. The summed E-state index contributed by atoms with van der Waals surface area (Å²) in [6.07, 6.45) is 4.07. The predicted octanol–water partition coefficient (Wildman–Crippen LogP) is 2.32. The summed E-state index contributed by atoms with van der Waals surface area (Å²) in [5, 5.41) is 12.9. The van der Waals surface area contributed by atoms with Crippen LogP contribution in [0.4, 0.5) is 10.5 Å². The van der Waals surface area contributed by atoms with Crippen LogP contribution in [0.2, 0.25) is 0 Å². The molecule has 1 saturated carbocycles. The fourth-order valence-electron chi connectivity index (χ4n) is 3.57. The van der Waals surface area contributed by atoms with Crippen molar-refractivity contribution in [1.29, 1.82) is 0 Å². The highest BCUT2D eigenvalue weighted by Gasteiger charge is 2.22. The third-order valence-electron chi connectivity index (χ3n) is 5.42. The number of anilines is 1. The number of ether oxygens (including phenoxy) is 1. The summed E-state index contributed by atoms with van der Waals surface area (Å²) in [4.78, 5) is 22.5. The SMILES string of the molecule is O=C(NCC1CC1)Nc1c[nH]nc1-c1nc2cc(CN3CCOCC3)ccc2[nH]1. The Morgan fingerprint density at radius 3 is 2.97 bits per heavy atom. The molecule has 0 radical (unpaired) electrons. The number of rotatable bonds is 6. The van der Waals surface area contributed by atoms with Gasteiger partial charge in [0.15, 0.2) is 11.5 Å². The van der Waals surface area contributed by atoms with Gasteiger partial charge in [0.1, 0.15) is 0 Å². The summed E-state index contributed by atoms with van der Waals surface area (Å²) < 4.78 is 5.42. The normalized spacial score (nSPS) is 17.5. The van der Waals surface area contributed by atoms with E-state index in [-0.39, 0.29) is 6.03 Å². The van der Waals surface area contributed by atoms with Gasteiger partial charge in [0.05, 0.1) is 29.9 Å². The molecule has 9 heteroatoms. The number of H-pyrrole nitrogens is 2. The molecule has 4 N–H and O–H groups in total. The zero-order valence-corrected chi connectivity index (χ0v) is 16.2. The van der Waals surface area contributed by atoms with Crippen molar-refractivity contribution < 1.29 is 9.53 Å². The maximum atomic E-state index is 12.1.